The topological polar surface area (TPSA) is 88.4 Å². The van der Waals surface area contributed by atoms with Gasteiger partial charge in [0.15, 0.2) is 16.3 Å². The first-order valence-corrected chi connectivity index (χ1v) is 14.3. The maximum atomic E-state index is 13.9. The van der Waals surface area contributed by atoms with E-state index >= 15 is 0 Å². The van der Waals surface area contributed by atoms with Gasteiger partial charge in [-0.2, -0.15) is 0 Å². The Morgan fingerprint density at radius 1 is 1.18 bits per heavy atom. The van der Waals surface area contributed by atoms with E-state index in [4.69, 9.17) is 18.9 Å². The zero-order chi connectivity index (χ0) is 28.3. The van der Waals surface area contributed by atoms with Crippen LogP contribution in [0.3, 0.4) is 0 Å². The minimum absolute atomic E-state index is 0.0204. The fourth-order valence-corrected chi connectivity index (χ4v) is 5.99. The molecule has 206 valence electrons. The summed E-state index contributed by atoms with van der Waals surface area (Å²) in [7, 11) is 1.57. The third kappa shape index (κ3) is 5.96. The molecule has 1 aliphatic heterocycles. The Morgan fingerprint density at radius 3 is 2.51 bits per heavy atom. The molecule has 2 heterocycles. The van der Waals surface area contributed by atoms with Gasteiger partial charge in [0, 0.05) is 0 Å². The molecule has 1 atom stereocenters. The highest BCUT2D eigenvalue weighted by atomic mass is 79.9. The molecule has 0 radical (unpaired) electrons. The van der Waals surface area contributed by atoms with Gasteiger partial charge in [-0.3, -0.25) is 9.36 Å². The molecule has 10 heteroatoms. The maximum absolute atomic E-state index is 13.9. The van der Waals surface area contributed by atoms with Gasteiger partial charge >= 0.3 is 5.97 Å². The highest BCUT2D eigenvalue weighted by Gasteiger charge is 2.33. The molecule has 2 aromatic carbocycles. The number of hydrogen-bond acceptors (Lipinski definition) is 8. The van der Waals surface area contributed by atoms with Crippen LogP contribution in [0.5, 0.6) is 17.2 Å². The summed E-state index contributed by atoms with van der Waals surface area (Å²) in [4.78, 5) is 32.1. The van der Waals surface area contributed by atoms with Crippen LogP contribution >= 0.6 is 27.3 Å². The standard InChI is InChI=1S/C29H31BrN2O6S/c1-7-36-26-21(30)13-18(14-22(26)35-6)15-23-27(33)32-25(19-9-11-20(12-10-19)38-16(3)4)24(28(34)37-8-2)17(5)31-29(32)39-23/h9-16,25H,7-8H2,1-6H3/b23-15-/t25-/m0/s1. The molecule has 39 heavy (non-hydrogen) atoms. The van der Waals surface area contributed by atoms with Gasteiger partial charge in [-0.05, 0) is 92.0 Å². The molecule has 1 aromatic heterocycles. The highest BCUT2D eigenvalue weighted by Crippen LogP contribution is 2.37. The SMILES string of the molecule is CCOC(=O)C1=C(C)N=c2s/c(=C\c3cc(Br)c(OCC)c(OC)c3)c(=O)n2[C@H]1c1ccc(OC(C)C)cc1. The molecular weight excluding hydrogens is 584 g/mol. The third-order valence-corrected chi connectivity index (χ3v) is 7.49. The largest absolute Gasteiger partial charge is 0.493 e. The van der Waals surface area contributed by atoms with Crippen molar-refractivity contribution in [2.24, 2.45) is 4.99 Å². The average molecular weight is 616 g/mol. The summed E-state index contributed by atoms with van der Waals surface area (Å²) in [5.74, 6) is 1.35. The van der Waals surface area contributed by atoms with E-state index in [1.54, 1.807) is 31.6 Å². The molecule has 1 aliphatic rings. The van der Waals surface area contributed by atoms with Crippen LogP contribution in [0.15, 0.2) is 61.9 Å². The quantitative estimate of drug-likeness (QED) is 0.323. The van der Waals surface area contributed by atoms with Gasteiger partial charge in [-0.15, -0.1) is 0 Å². The van der Waals surface area contributed by atoms with Crippen molar-refractivity contribution >= 4 is 39.3 Å². The van der Waals surface area contributed by atoms with E-state index in [-0.39, 0.29) is 18.3 Å². The number of esters is 1. The number of carbonyl (C=O) groups is 1. The van der Waals surface area contributed by atoms with E-state index in [9.17, 15) is 9.59 Å². The van der Waals surface area contributed by atoms with Crippen molar-refractivity contribution in [2.75, 3.05) is 20.3 Å². The van der Waals surface area contributed by atoms with Crippen molar-refractivity contribution in [3.63, 3.8) is 0 Å². The molecule has 0 fully saturated rings. The predicted octanol–water partition coefficient (Wildman–Crippen LogP) is 4.76. The second-order valence-electron chi connectivity index (χ2n) is 9.01. The van der Waals surface area contributed by atoms with Gasteiger partial charge in [-0.25, -0.2) is 9.79 Å². The van der Waals surface area contributed by atoms with E-state index in [2.05, 4.69) is 20.9 Å². The first-order chi connectivity index (χ1) is 18.7. The average Bonchev–Trinajstić information content (AvgIpc) is 3.19. The second-order valence-corrected chi connectivity index (χ2v) is 10.9. The fraction of sp³-hybridized carbons (Fsp3) is 0.345. The van der Waals surface area contributed by atoms with E-state index in [0.29, 0.717) is 48.9 Å². The number of aromatic nitrogens is 1. The van der Waals surface area contributed by atoms with Crippen molar-refractivity contribution in [1.29, 1.82) is 0 Å². The highest BCUT2D eigenvalue weighted by molar-refractivity contribution is 9.10. The molecule has 0 spiro atoms. The molecular formula is C29H31BrN2O6S. The Labute approximate surface area is 239 Å². The zero-order valence-electron chi connectivity index (χ0n) is 22.7. The minimum Gasteiger partial charge on any atom is -0.493 e. The Morgan fingerprint density at radius 2 is 1.90 bits per heavy atom. The number of thiazole rings is 1. The van der Waals surface area contributed by atoms with E-state index in [1.807, 2.05) is 57.2 Å². The minimum atomic E-state index is -0.697. The smallest absolute Gasteiger partial charge is 0.338 e. The van der Waals surface area contributed by atoms with Crippen molar-refractivity contribution in [3.8, 4) is 17.2 Å². The number of rotatable bonds is 9. The van der Waals surface area contributed by atoms with E-state index < -0.39 is 12.0 Å². The number of hydrogen-bond donors (Lipinski definition) is 0. The van der Waals surface area contributed by atoms with Crippen LogP contribution in [0.2, 0.25) is 0 Å². The molecule has 0 bridgehead atoms. The lowest BCUT2D eigenvalue weighted by atomic mass is 9.96. The number of ether oxygens (including phenoxy) is 4. The van der Waals surface area contributed by atoms with Gasteiger partial charge < -0.3 is 18.9 Å². The summed E-state index contributed by atoms with van der Waals surface area (Å²) >= 11 is 4.81. The van der Waals surface area contributed by atoms with Crippen LogP contribution in [-0.2, 0) is 9.53 Å². The molecule has 4 rings (SSSR count). The fourth-order valence-electron chi connectivity index (χ4n) is 4.37. The second kappa shape index (κ2) is 12.2. The van der Waals surface area contributed by atoms with Gasteiger partial charge in [0.2, 0.25) is 0 Å². The molecule has 0 amide bonds. The summed E-state index contributed by atoms with van der Waals surface area (Å²) in [6.07, 6.45) is 1.80. The van der Waals surface area contributed by atoms with Crippen LogP contribution in [0.1, 0.15) is 51.8 Å². The van der Waals surface area contributed by atoms with Gasteiger partial charge in [0.25, 0.3) is 5.56 Å². The third-order valence-electron chi connectivity index (χ3n) is 5.92. The first-order valence-electron chi connectivity index (χ1n) is 12.6. The summed E-state index contributed by atoms with van der Waals surface area (Å²) in [5, 5.41) is 0. The van der Waals surface area contributed by atoms with Gasteiger partial charge in [0.05, 0.1) is 52.7 Å². The summed E-state index contributed by atoms with van der Waals surface area (Å²) < 4.78 is 25.1. The number of fused-ring (bicyclic) bond motifs is 1. The molecule has 0 unspecified atom stereocenters. The Balaban J connectivity index is 1.89. The number of benzene rings is 2. The number of halogens is 1. The van der Waals surface area contributed by atoms with Gasteiger partial charge in [0.1, 0.15) is 5.75 Å². The molecule has 0 saturated carbocycles. The van der Waals surface area contributed by atoms with Crippen LogP contribution in [0.25, 0.3) is 6.08 Å². The van der Waals surface area contributed by atoms with Crippen molar-refractivity contribution in [2.45, 2.75) is 46.8 Å². The number of allylic oxidation sites excluding steroid dienone is 1. The number of methoxy groups -OCH3 is 1. The molecule has 0 aliphatic carbocycles. The van der Waals surface area contributed by atoms with E-state index in [0.717, 1.165) is 11.1 Å². The Bertz CT molecular complexity index is 1590. The maximum Gasteiger partial charge on any atom is 0.338 e. The van der Waals surface area contributed by atoms with Crippen LogP contribution in [0, 0.1) is 0 Å². The lowest BCUT2D eigenvalue weighted by Crippen LogP contribution is -2.39. The van der Waals surface area contributed by atoms with Crippen molar-refractivity contribution < 1.29 is 23.7 Å². The molecule has 3 aromatic rings. The van der Waals surface area contributed by atoms with Crippen molar-refractivity contribution in [1.82, 2.24) is 4.57 Å². The summed E-state index contributed by atoms with van der Waals surface area (Å²) in [6, 6.07) is 10.4. The first kappa shape index (κ1) is 28.6. The monoisotopic (exact) mass is 614 g/mol. The summed E-state index contributed by atoms with van der Waals surface area (Å²) in [6.45, 7) is 10.0. The normalized spacial score (nSPS) is 15.2. The zero-order valence-corrected chi connectivity index (χ0v) is 25.1. The lowest BCUT2D eigenvalue weighted by Gasteiger charge is -2.25. The molecule has 8 nitrogen and oxygen atoms in total. The van der Waals surface area contributed by atoms with Crippen LogP contribution in [-0.4, -0.2) is 37.0 Å². The lowest BCUT2D eigenvalue weighted by molar-refractivity contribution is -0.139. The number of nitrogens with zero attached hydrogens (tertiary/aromatic N) is 2. The molecule has 0 saturated heterocycles. The van der Waals surface area contributed by atoms with Crippen LogP contribution in [0.4, 0.5) is 0 Å². The Kier molecular flexibility index (Phi) is 8.97. The molecule has 0 N–H and O–H groups in total. The number of carbonyl (C=O) groups excluding carboxylic acids is 1. The van der Waals surface area contributed by atoms with Crippen LogP contribution < -0.4 is 29.1 Å². The van der Waals surface area contributed by atoms with Gasteiger partial charge in [-0.1, -0.05) is 23.5 Å². The Hall–Kier alpha value is -3.37. The van der Waals surface area contributed by atoms with E-state index in [1.165, 1.54) is 11.3 Å². The summed E-state index contributed by atoms with van der Waals surface area (Å²) in [5.41, 5.74) is 2.09. The predicted molar refractivity (Wildman–Crippen MR) is 154 cm³/mol. The van der Waals surface area contributed by atoms with Crippen molar-refractivity contribution in [3.05, 3.63) is 83.0 Å².